The molecule has 0 radical (unpaired) electrons. The first kappa shape index (κ1) is 35.2. The number of rotatable bonds is 6. The van der Waals surface area contributed by atoms with Crippen LogP contribution in [-0.4, -0.2) is 23.7 Å². The van der Waals surface area contributed by atoms with Crippen molar-refractivity contribution in [2.45, 2.75) is 26.3 Å². The van der Waals surface area contributed by atoms with Gasteiger partial charge in [-0.15, -0.1) is 0 Å². The van der Waals surface area contributed by atoms with Crippen LogP contribution in [-0.2, 0) is 5.54 Å². The first-order valence-corrected chi connectivity index (χ1v) is 21.0. The molecule has 0 amide bonds. The first-order valence-electron chi connectivity index (χ1n) is 21.0. The van der Waals surface area contributed by atoms with E-state index >= 15 is 0 Å². The summed E-state index contributed by atoms with van der Waals surface area (Å²) in [5.41, 5.74) is 19.7. The minimum atomic E-state index is -0.235. The molecule has 12 rings (SSSR count). The van der Waals surface area contributed by atoms with Crippen molar-refractivity contribution >= 4 is 33.0 Å². The Morgan fingerprint density at radius 3 is 1.39 bits per heavy atom. The second-order valence-electron chi connectivity index (χ2n) is 16.7. The van der Waals surface area contributed by atoms with E-state index in [1.165, 1.54) is 55.5 Å². The van der Waals surface area contributed by atoms with Gasteiger partial charge in [0.05, 0.1) is 33.3 Å². The minimum Gasteiger partial charge on any atom is -0.330 e. The lowest BCUT2D eigenvalue weighted by Gasteiger charge is -2.25. The molecule has 0 unspecified atom stereocenters. The molecule has 0 saturated carbocycles. The lowest BCUT2D eigenvalue weighted by atomic mass is 9.88. The van der Waals surface area contributed by atoms with Gasteiger partial charge >= 0.3 is 0 Å². The van der Waals surface area contributed by atoms with Crippen molar-refractivity contribution in [3.63, 3.8) is 0 Å². The number of nitrogens with zero attached hydrogens (tertiary/aromatic N) is 5. The number of benzene rings is 8. The Morgan fingerprint density at radius 2 is 0.852 bits per heavy atom. The van der Waals surface area contributed by atoms with Gasteiger partial charge < -0.3 is 4.57 Å². The van der Waals surface area contributed by atoms with Crippen molar-refractivity contribution in [1.82, 2.24) is 23.7 Å². The van der Waals surface area contributed by atoms with Crippen molar-refractivity contribution < 1.29 is 0 Å². The lowest BCUT2D eigenvalue weighted by Crippen LogP contribution is -2.23. The molecule has 61 heavy (non-hydrogen) atoms. The molecular formula is C56H41N5. The highest BCUT2D eigenvalue weighted by Gasteiger charge is 2.38. The summed E-state index contributed by atoms with van der Waals surface area (Å²) in [4.78, 5) is 10.2. The summed E-state index contributed by atoms with van der Waals surface area (Å²) in [5, 5.41) is 1.29. The maximum absolute atomic E-state index is 5.09. The molecule has 0 fully saturated rings. The van der Waals surface area contributed by atoms with Crippen LogP contribution < -0.4 is 0 Å². The van der Waals surface area contributed by atoms with Gasteiger partial charge in [0, 0.05) is 39.0 Å². The van der Waals surface area contributed by atoms with Gasteiger partial charge in [0.2, 0.25) is 0 Å². The molecule has 5 heteroatoms. The molecule has 0 bridgehead atoms. The second-order valence-corrected chi connectivity index (χ2v) is 16.7. The summed E-state index contributed by atoms with van der Waals surface area (Å²) < 4.78 is 7.07. The smallest absolute Gasteiger partial charge is 0.145 e. The molecule has 0 spiro atoms. The van der Waals surface area contributed by atoms with Crippen molar-refractivity contribution in [3.05, 3.63) is 205 Å². The van der Waals surface area contributed by atoms with Gasteiger partial charge in [-0.3, -0.25) is 9.13 Å². The van der Waals surface area contributed by atoms with Gasteiger partial charge in [0.25, 0.3) is 0 Å². The minimum absolute atomic E-state index is 0.235. The summed E-state index contributed by atoms with van der Waals surface area (Å²) in [7, 11) is 0. The number of hydrogen-bond acceptors (Lipinski definition) is 2. The number of imidazole rings is 2. The molecule has 4 heterocycles. The molecule has 1 aliphatic rings. The molecule has 0 N–H and O–H groups in total. The lowest BCUT2D eigenvalue weighted by molar-refractivity contribution is 0.475. The van der Waals surface area contributed by atoms with Gasteiger partial charge in [-0.1, -0.05) is 127 Å². The average Bonchev–Trinajstić information content (AvgIpc) is 4.04. The Morgan fingerprint density at radius 1 is 0.410 bits per heavy atom. The number of aromatic nitrogens is 5. The van der Waals surface area contributed by atoms with Crippen LogP contribution in [0.3, 0.4) is 0 Å². The molecule has 0 saturated heterocycles. The van der Waals surface area contributed by atoms with E-state index in [1.807, 2.05) is 0 Å². The Bertz CT molecular complexity index is 3480. The summed E-state index contributed by atoms with van der Waals surface area (Å²) >= 11 is 0. The van der Waals surface area contributed by atoms with Crippen molar-refractivity contribution in [2.24, 2.45) is 0 Å². The predicted molar refractivity (Wildman–Crippen MR) is 252 cm³/mol. The van der Waals surface area contributed by atoms with Crippen LogP contribution in [0, 0.1) is 6.92 Å². The van der Waals surface area contributed by atoms with Crippen LogP contribution in [0.15, 0.2) is 194 Å². The van der Waals surface area contributed by atoms with Crippen LogP contribution in [0.4, 0.5) is 0 Å². The van der Waals surface area contributed by atoms with Crippen molar-refractivity contribution in [3.8, 4) is 67.7 Å². The molecule has 0 aliphatic carbocycles. The third-order valence-electron chi connectivity index (χ3n) is 12.8. The Balaban J connectivity index is 0.871. The van der Waals surface area contributed by atoms with Crippen LogP contribution >= 0.6 is 0 Å². The van der Waals surface area contributed by atoms with Crippen LogP contribution in [0.1, 0.15) is 25.0 Å². The van der Waals surface area contributed by atoms with Gasteiger partial charge in [-0.25, -0.2) is 9.97 Å². The van der Waals surface area contributed by atoms with E-state index in [9.17, 15) is 0 Å². The number of para-hydroxylation sites is 6. The molecule has 0 atom stereocenters. The quantitative estimate of drug-likeness (QED) is 0.168. The zero-order valence-electron chi connectivity index (χ0n) is 34.2. The standard InChI is InChI=1S/C56H41N5/c1-36-46-34-41(37-22-26-39(27-23-37)54-57-48-18-10-12-20-51(48)59(54)43-14-6-4-7-15-43)31-33-50(46)61-53(36)45-32-30-42(35-47(45)56(61,2)3)38-24-28-40(29-25-38)55-58-49-19-11-13-21-52(49)60(55)44-16-8-5-9-17-44/h4-35H,1-3H3. The fourth-order valence-corrected chi connectivity index (χ4v) is 9.83. The third-order valence-corrected chi connectivity index (χ3v) is 12.8. The van der Waals surface area contributed by atoms with Crippen molar-refractivity contribution in [1.29, 1.82) is 0 Å². The van der Waals surface area contributed by atoms with Gasteiger partial charge in [0.15, 0.2) is 0 Å². The largest absolute Gasteiger partial charge is 0.330 e. The fraction of sp³-hybridized carbons (Fsp3) is 0.0714. The van der Waals surface area contributed by atoms with Crippen LogP contribution in [0.25, 0.3) is 101 Å². The van der Waals surface area contributed by atoms with E-state index in [-0.39, 0.29) is 5.54 Å². The molecule has 5 nitrogen and oxygen atoms in total. The molecule has 8 aromatic carbocycles. The monoisotopic (exact) mass is 783 g/mol. The highest BCUT2D eigenvalue weighted by atomic mass is 15.1. The van der Waals surface area contributed by atoms with Gasteiger partial charge in [-0.05, 0) is 121 Å². The SMILES string of the molecule is Cc1c2n(c3ccc(-c4ccc(-c5nc6ccccc6n5-c5ccccc5)cc4)cc13)C(C)(C)c1cc(-c3ccc(-c4nc5ccccc5n4-c4ccccc4)cc3)ccc1-2. The molecule has 3 aromatic heterocycles. The van der Waals surface area contributed by atoms with Crippen molar-refractivity contribution in [2.75, 3.05) is 0 Å². The predicted octanol–water partition coefficient (Wildman–Crippen LogP) is 14.1. The molecular weight excluding hydrogens is 743 g/mol. The molecule has 290 valence electrons. The molecule has 1 aliphatic heterocycles. The average molecular weight is 784 g/mol. The maximum Gasteiger partial charge on any atom is 0.145 e. The highest BCUT2D eigenvalue weighted by molar-refractivity contribution is 5.98. The number of fused-ring (bicyclic) bond motifs is 7. The van der Waals surface area contributed by atoms with E-state index < -0.39 is 0 Å². The summed E-state index contributed by atoms with van der Waals surface area (Å²) in [5.74, 6) is 1.88. The zero-order chi connectivity index (χ0) is 40.8. The highest BCUT2D eigenvalue weighted by Crippen LogP contribution is 2.50. The van der Waals surface area contributed by atoms with E-state index in [2.05, 4.69) is 229 Å². The van der Waals surface area contributed by atoms with Crippen LogP contribution in [0.2, 0.25) is 0 Å². The van der Waals surface area contributed by atoms with Gasteiger partial charge in [0.1, 0.15) is 11.6 Å². The van der Waals surface area contributed by atoms with E-state index in [4.69, 9.17) is 9.97 Å². The number of aryl methyl sites for hydroxylation is 1. The summed E-state index contributed by atoms with van der Waals surface area (Å²) in [6, 6.07) is 69.5. The summed E-state index contributed by atoms with van der Waals surface area (Å²) in [6.07, 6.45) is 0. The van der Waals surface area contributed by atoms with Crippen LogP contribution in [0.5, 0.6) is 0 Å². The third kappa shape index (κ3) is 5.40. The number of hydrogen-bond donors (Lipinski definition) is 0. The van der Waals surface area contributed by atoms with E-state index in [1.54, 1.807) is 0 Å². The molecule has 11 aromatic rings. The normalized spacial score (nSPS) is 13.0. The van der Waals surface area contributed by atoms with Gasteiger partial charge in [-0.2, -0.15) is 0 Å². The van der Waals surface area contributed by atoms with E-state index in [0.29, 0.717) is 0 Å². The zero-order valence-corrected chi connectivity index (χ0v) is 34.2. The summed E-state index contributed by atoms with van der Waals surface area (Å²) in [6.45, 7) is 7.00. The maximum atomic E-state index is 5.09. The fourth-order valence-electron chi connectivity index (χ4n) is 9.83. The Hall–Kier alpha value is -7.76. The topological polar surface area (TPSA) is 40.6 Å². The Labute approximate surface area is 354 Å². The second kappa shape index (κ2) is 13.4. The first-order chi connectivity index (χ1) is 29.9. The van der Waals surface area contributed by atoms with E-state index in [0.717, 1.165) is 56.2 Å². The Kier molecular flexibility index (Phi) is 7.72.